The van der Waals surface area contributed by atoms with Gasteiger partial charge in [-0.25, -0.2) is 4.79 Å². The van der Waals surface area contributed by atoms with Gasteiger partial charge >= 0.3 is 6.03 Å². The molecule has 0 aliphatic rings. The summed E-state index contributed by atoms with van der Waals surface area (Å²) in [5.41, 5.74) is 7.08. The third-order valence-electron chi connectivity index (χ3n) is 3.37. The summed E-state index contributed by atoms with van der Waals surface area (Å²) in [4.78, 5) is 10.8. The lowest BCUT2D eigenvalue weighted by atomic mass is 10.1. The van der Waals surface area contributed by atoms with Gasteiger partial charge in [0.15, 0.2) is 0 Å². The maximum atomic E-state index is 10.8. The first-order valence-electron chi connectivity index (χ1n) is 8.01. The number of nitrogens with one attached hydrogen (secondary N) is 1. The van der Waals surface area contributed by atoms with Gasteiger partial charge in [0.2, 0.25) is 0 Å². The summed E-state index contributed by atoms with van der Waals surface area (Å²) in [5, 5.41) is 3.70. The lowest BCUT2D eigenvalue weighted by Gasteiger charge is -2.06. The second-order valence-electron chi connectivity index (χ2n) is 5.36. The monoisotopic (exact) mass is 370 g/mol. The van der Waals surface area contributed by atoms with E-state index in [1.54, 1.807) is 0 Å². The summed E-state index contributed by atoms with van der Waals surface area (Å²) in [7, 11) is 0. The van der Waals surface area contributed by atoms with Crippen LogP contribution in [-0.4, -0.2) is 24.6 Å². The van der Waals surface area contributed by atoms with E-state index in [9.17, 15) is 4.79 Å². The highest BCUT2D eigenvalue weighted by atomic mass is 79.9. The number of benzene rings is 1. The number of aryl methyl sites for hydroxylation is 1. The second-order valence-corrected chi connectivity index (χ2v) is 6.16. The van der Waals surface area contributed by atoms with Crippen LogP contribution in [0.25, 0.3) is 0 Å². The highest BCUT2D eigenvalue weighted by molar-refractivity contribution is 9.09. The van der Waals surface area contributed by atoms with Crippen molar-refractivity contribution in [2.24, 2.45) is 5.73 Å². The second kappa shape index (κ2) is 12.5. The number of primary amides is 1. The Balaban J connectivity index is 2.03. The minimum atomic E-state index is -0.526. The van der Waals surface area contributed by atoms with Gasteiger partial charge in [-0.1, -0.05) is 40.9 Å². The smallest absolute Gasteiger partial charge is 0.316 e. The number of amides is 2. The van der Waals surface area contributed by atoms with Crippen LogP contribution >= 0.6 is 15.9 Å². The maximum absolute atomic E-state index is 10.8. The summed E-state index contributed by atoms with van der Waals surface area (Å²) in [6, 6.07) is 7.28. The molecule has 0 aromatic heterocycles. The van der Waals surface area contributed by atoms with E-state index in [2.05, 4.69) is 27.3 Å². The van der Waals surface area contributed by atoms with Crippen molar-refractivity contribution in [1.82, 2.24) is 0 Å². The van der Waals surface area contributed by atoms with E-state index in [0.29, 0.717) is 0 Å². The minimum absolute atomic E-state index is 0.526. The first-order valence-corrected chi connectivity index (χ1v) is 9.13. The molecule has 5 heteroatoms. The van der Waals surface area contributed by atoms with Crippen molar-refractivity contribution in [3.05, 3.63) is 29.8 Å². The number of halogens is 1. The molecule has 4 nitrogen and oxygen atoms in total. The van der Waals surface area contributed by atoms with E-state index in [0.717, 1.165) is 49.9 Å². The van der Waals surface area contributed by atoms with Crippen molar-refractivity contribution in [2.75, 3.05) is 23.9 Å². The van der Waals surface area contributed by atoms with Crippen molar-refractivity contribution >= 4 is 27.6 Å². The molecule has 0 saturated carbocycles. The number of carbonyl (C=O) groups is 1. The van der Waals surface area contributed by atoms with Gasteiger partial charge in [-0.2, -0.15) is 0 Å². The van der Waals surface area contributed by atoms with Crippen LogP contribution in [0.5, 0.6) is 0 Å². The molecule has 0 heterocycles. The van der Waals surface area contributed by atoms with E-state index in [1.165, 1.54) is 24.8 Å². The highest BCUT2D eigenvalue weighted by Gasteiger charge is 1.99. The molecule has 124 valence electrons. The Morgan fingerprint density at radius 2 is 1.82 bits per heavy atom. The Labute approximate surface area is 141 Å². The molecule has 0 radical (unpaired) electrons. The Morgan fingerprint density at radius 3 is 2.55 bits per heavy atom. The largest absolute Gasteiger partial charge is 0.381 e. The number of anilines is 1. The quantitative estimate of drug-likeness (QED) is 0.421. The Bertz CT molecular complexity index is 427. The van der Waals surface area contributed by atoms with E-state index < -0.39 is 6.03 Å². The van der Waals surface area contributed by atoms with Crippen LogP contribution in [0.2, 0.25) is 0 Å². The fourth-order valence-electron chi connectivity index (χ4n) is 2.23. The molecule has 0 bridgehead atoms. The number of ether oxygens (including phenoxy) is 1. The molecular weight excluding hydrogens is 344 g/mol. The van der Waals surface area contributed by atoms with E-state index >= 15 is 0 Å². The van der Waals surface area contributed by atoms with Crippen LogP contribution in [0.15, 0.2) is 24.3 Å². The normalized spacial score (nSPS) is 10.6. The van der Waals surface area contributed by atoms with E-state index in [1.807, 2.05) is 18.2 Å². The van der Waals surface area contributed by atoms with Crippen LogP contribution in [-0.2, 0) is 11.2 Å². The van der Waals surface area contributed by atoms with Crippen LogP contribution < -0.4 is 11.1 Å². The zero-order valence-electron chi connectivity index (χ0n) is 13.2. The topological polar surface area (TPSA) is 64.4 Å². The molecule has 0 atom stereocenters. The molecule has 0 aliphatic carbocycles. The van der Waals surface area contributed by atoms with Gasteiger partial charge in [0.25, 0.3) is 0 Å². The van der Waals surface area contributed by atoms with Gasteiger partial charge in [0.1, 0.15) is 0 Å². The lowest BCUT2D eigenvalue weighted by Crippen LogP contribution is -2.19. The standard InChI is InChI=1S/C17H27BrN2O2/c18-11-4-1-2-5-12-22-13-6-3-8-15-9-7-10-16(14-15)20-17(19)21/h7,9-10,14H,1-6,8,11-13H2,(H3,19,20,21). The van der Waals surface area contributed by atoms with Gasteiger partial charge in [-0.05, 0) is 49.8 Å². The number of hydrogen-bond donors (Lipinski definition) is 2. The number of urea groups is 1. The van der Waals surface area contributed by atoms with Crippen molar-refractivity contribution in [3.63, 3.8) is 0 Å². The number of nitrogens with two attached hydrogens (primary N) is 1. The molecule has 1 rings (SSSR count). The molecule has 2 amide bonds. The van der Waals surface area contributed by atoms with Gasteiger partial charge in [-0.15, -0.1) is 0 Å². The van der Waals surface area contributed by atoms with Crippen molar-refractivity contribution in [1.29, 1.82) is 0 Å². The average Bonchev–Trinajstić information content (AvgIpc) is 2.49. The number of unbranched alkanes of at least 4 members (excludes halogenated alkanes) is 4. The first kappa shape index (κ1) is 19.0. The zero-order valence-corrected chi connectivity index (χ0v) is 14.7. The number of alkyl halides is 1. The average molecular weight is 371 g/mol. The summed E-state index contributed by atoms with van der Waals surface area (Å²) in [6.45, 7) is 1.71. The summed E-state index contributed by atoms with van der Waals surface area (Å²) in [5.74, 6) is 0. The van der Waals surface area contributed by atoms with Gasteiger partial charge in [0, 0.05) is 24.2 Å². The fourth-order valence-corrected chi connectivity index (χ4v) is 2.63. The van der Waals surface area contributed by atoms with Gasteiger partial charge < -0.3 is 15.8 Å². The molecule has 1 aromatic carbocycles. The van der Waals surface area contributed by atoms with E-state index in [4.69, 9.17) is 10.5 Å². The summed E-state index contributed by atoms with van der Waals surface area (Å²) in [6.07, 6.45) is 8.09. The summed E-state index contributed by atoms with van der Waals surface area (Å²) >= 11 is 3.44. The Kier molecular flexibility index (Phi) is 10.8. The number of rotatable bonds is 12. The SMILES string of the molecule is NC(=O)Nc1cccc(CCCCOCCCCCCBr)c1. The third kappa shape index (κ3) is 9.79. The van der Waals surface area contributed by atoms with Gasteiger partial charge in [-0.3, -0.25) is 0 Å². The minimum Gasteiger partial charge on any atom is -0.381 e. The van der Waals surface area contributed by atoms with Crippen molar-refractivity contribution in [3.8, 4) is 0 Å². The predicted molar refractivity (Wildman–Crippen MR) is 95.7 cm³/mol. The third-order valence-corrected chi connectivity index (χ3v) is 3.93. The van der Waals surface area contributed by atoms with E-state index in [-0.39, 0.29) is 0 Å². The molecular formula is C17H27BrN2O2. The molecule has 3 N–H and O–H groups in total. The lowest BCUT2D eigenvalue weighted by molar-refractivity contribution is 0.126. The molecule has 0 aliphatic heterocycles. The van der Waals surface area contributed by atoms with Crippen molar-refractivity contribution in [2.45, 2.75) is 44.9 Å². The molecule has 0 unspecified atom stereocenters. The van der Waals surface area contributed by atoms with Crippen LogP contribution in [0.1, 0.15) is 44.1 Å². The molecule has 0 saturated heterocycles. The zero-order chi connectivity index (χ0) is 16.0. The van der Waals surface area contributed by atoms with Gasteiger partial charge in [0.05, 0.1) is 0 Å². The molecule has 0 spiro atoms. The Hall–Kier alpha value is -1.07. The molecule has 1 aromatic rings. The van der Waals surface area contributed by atoms with Crippen LogP contribution in [0, 0.1) is 0 Å². The molecule has 0 fully saturated rings. The number of hydrogen-bond acceptors (Lipinski definition) is 2. The van der Waals surface area contributed by atoms with Crippen LogP contribution in [0.4, 0.5) is 10.5 Å². The predicted octanol–water partition coefficient (Wildman–Crippen LogP) is 4.47. The van der Waals surface area contributed by atoms with Crippen molar-refractivity contribution < 1.29 is 9.53 Å². The first-order chi connectivity index (χ1) is 10.7. The maximum Gasteiger partial charge on any atom is 0.316 e. The summed E-state index contributed by atoms with van der Waals surface area (Å²) < 4.78 is 5.64. The Morgan fingerprint density at radius 1 is 1.09 bits per heavy atom. The molecule has 22 heavy (non-hydrogen) atoms. The van der Waals surface area contributed by atoms with Crippen LogP contribution in [0.3, 0.4) is 0 Å². The number of carbonyl (C=O) groups excluding carboxylic acids is 1. The highest BCUT2D eigenvalue weighted by Crippen LogP contribution is 2.13. The fraction of sp³-hybridized carbons (Fsp3) is 0.588.